The highest BCUT2D eigenvalue weighted by atomic mass is 32.2. The van der Waals surface area contributed by atoms with Gasteiger partial charge < -0.3 is 15.3 Å². The zero-order valence-electron chi connectivity index (χ0n) is 11.3. The summed E-state index contributed by atoms with van der Waals surface area (Å²) in [6.45, 7) is 1.09. The molecule has 1 atom stereocenters. The van der Waals surface area contributed by atoms with Gasteiger partial charge >= 0.3 is 5.97 Å². The number of carboxylic acid groups (broad SMARTS) is 1. The zero-order valence-corrected chi connectivity index (χ0v) is 12.1. The van der Waals surface area contributed by atoms with Gasteiger partial charge in [-0.2, -0.15) is 0 Å². The summed E-state index contributed by atoms with van der Waals surface area (Å²) in [6, 6.07) is -1.46. The van der Waals surface area contributed by atoms with Gasteiger partial charge in [0.25, 0.3) is 0 Å². The molecule has 2 N–H and O–H groups in total. The predicted molar refractivity (Wildman–Crippen MR) is 69.7 cm³/mol. The zero-order chi connectivity index (χ0) is 15.5. The van der Waals surface area contributed by atoms with Crippen LogP contribution < -0.4 is 5.32 Å². The Labute approximate surface area is 117 Å². The monoisotopic (exact) mass is 306 g/mol. The van der Waals surface area contributed by atoms with E-state index < -0.39 is 45.2 Å². The van der Waals surface area contributed by atoms with Crippen molar-refractivity contribution in [2.24, 2.45) is 0 Å². The van der Waals surface area contributed by atoms with Crippen LogP contribution in [0.25, 0.3) is 0 Å². The second-order valence-electron chi connectivity index (χ2n) is 4.88. The lowest BCUT2D eigenvalue weighted by Crippen LogP contribution is -2.46. The fourth-order valence-corrected chi connectivity index (χ4v) is 3.12. The maximum atomic E-state index is 11.8. The summed E-state index contributed by atoms with van der Waals surface area (Å²) < 4.78 is 23.6. The van der Waals surface area contributed by atoms with Gasteiger partial charge in [0.1, 0.15) is 11.8 Å². The molecule has 1 saturated carbocycles. The molecule has 0 radical (unpaired) electrons. The van der Waals surface area contributed by atoms with Crippen molar-refractivity contribution in [3.8, 4) is 0 Å². The minimum Gasteiger partial charge on any atom is -0.480 e. The van der Waals surface area contributed by atoms with E-state index in [2.05, 4.69) is 0 Å². The molecule has 1 fully saturated rings. The fraction of sp³-hybridized carbons (Fsp3) is 0.727. The molecule has 1 rings (SSSR count). The van der Waals surface area contributed by atoms with Crippen molar-refractivity contribution < 1.29 is 27.9 Å². The Morgan fingerprint density at radius 2 is 1.90 bits per heavy atom. The first kappa shape index (κ1) is 16.4. The van der Waals surface area contributed by atoms with Crippen molar-refractivity contribution in [2.45, 2.75) is 31.8 Å². The number of carboxylic acids is 1. The van der Waals surface area contributed by atoms with Crippen molar-refractivity contribution in [1.82, 2.24) is 10.2 Å². The maximum Gasteiger partial charge on any atom is 0.327 e. The van der Waals surface area contributed by atoms with Crippen LogP contribution in [0.15, 0.2) is 0 Å². The molecule has 0 spiro atoms. The van der Waals surface area contributed by atoms with Gasteiger partial charge in [0.2, 0.25) is 11.8 Å². The highest BCUT2D eigenvalue weighted by molar-refractivity contribution is 7.92. The Morgan fingerprint density at radius 1 is 1.35 bits per heavy atom. The minimum absolute atomic E-state index is 0.0864. The molecule has 0 saturated heterocycles. The standard InChI is InChI=1S/C11H18N2O6S/c1-7(14)12-9(11(16)17)5-20(18,19)6-10(15)13(2)8-3-4-8/h8-9H,3-6H2,1-2H3,(H,12,14)(H,16,17). The van der Waals surface area contributed by atoms with Gasteiger partial charge in [0.15, 0.2) is 9.84 Å². The average Bonchev–Trinajstić information content (AvgIpc) is 3.08. The van der Waals surface area contributed by atoms with Gasteiger partial charge in [-0.3, -0.25) is 9.59 Å². The molecule has 8 nitrogen and oxygen atoms in total. The summed E-state index contributed by atoms with van der Waals surface area (Å²) >= 11 is 0. The third-order valence-electron chi connectivity index (χ3n) is 2.93. The number of carbonyl (C=O) groups is 3. The number of hydrogen-bond acceptors (Lipinski definition) is 5. The molecule has 1 aliphatic carbocycles. The molecule has 20 heavy (non-hydrogen) atoms. The molecule has 0 heterocycles. The molecule has 1 unspecified atom stereocenters. The number of hydrogen-bond donors (Lipinski definition) is 2. The van der Waals surface area contributed by atoms with Crippen LogP contribution in [0.2, 0.25) is 0 Å². The smallest absolute Gasteiger partial charge is 0.327 e. The quantitative estimate of drug-likeness (QED) is 0.597. The van der Waals surface area contributed by atoms with E-state index in [4.69, 9.17) is 5.11 Å². The summed E-state index contributed by atoms with van der Waals surface area (Å²) in [5, 5.41) is 10.9. The Kier molecular flexibility index (Phi) is 5.09. The second kappa shape index (κ2) is 6.21. The fourth-order valence-electron chi connectivity index (χ4n) is 1.69. The molecule has 114 valence electrons. The second-order valence-corrected chi connectivity index (χ2v) is 6.99. The number of nitrogens with one attached hydrogen (secondary N) is 1. The van der Waals surface area contributed by atoms with Gasteiger partial charge in [-0.15, -0.1) is 0 Å². The molecule has 9 heteroatoms. The molecular formula is C11H18N2O6S. The largest absolute Gasteiger partial charge is 0.480 e. The number of sulfone groups is 1. The summed E-state index contributed by atoms with van der Waals surface area (Å²) in [6.07, 6.45) is 1.71. The topological polar surface area (TPSA) is 121 Å². The third kappa shape index (κ3) is 5.16. The van der Waals surface area contributed by atoms with Gasteiger partial charge in [0.05, 0.1) is 5.75 Å². The van der Waals surface area contributed by atoms with Crippen molar-refractivity contribution in [1.29, 1.82) is 0 Å². The normalized spacial score (nSPS) is 16.3. The first-order valence-electron chi connectivity index (χ1n) is 6.08. The number of amides is 2. The van der Waals surface area contributed by atoms with Gasteiger partial charge in [-0.25, -0.2) is 13.2 Å². The van der Waals surface area contributed by atoms with E-state index in [0.29, 0.717) is 0 Å². The first-order valence-corrected chi connectivity index (χ1v) is 7.90. The number of rotatable bonds is 7. The lowest BCUT2D eigenvalue weighted by atomic mass is 10.3. The van der Waals surface area contributed by atoms with Crippen LogP contribution in [0.4, 0.5) is 0 Å². The summed E-state index contributed by atoms with van der Waals surface area (Å²) in [7, 11) is -2.38. The number of aliphatic carboxylic acids is 1. The Balaban J connectivity index is 2.64. The van der Waals surface area contributed by atoms with Crippen LogP contribution in [0.3, 0.4) is 0 Å². The highest BCUT2D eigenvalue weighted by Crippen LogP contribution is 2.25. The van der Waals surface area contributed by atoms with E-state index in [0.717, 1.165) is 19.8 Å². The molecule has 0 aliphatic heterocycles. The van der Waals surface area contributed by atoms with Crippen molar-refractivity contribution in [2.75, 3.05) is 18.6 Å². The SMILES string of the molecule is CC(=O)NC(CS(=O)(=O)CC(=O)N(C)C1CC1)C(=O)O. The first-order chi connectivity index (χ1) is 9.12. The summed E-state index contributed by atoms with van der Waals surface area (Å²) in [4.78, 5) is 34.8. The number of nitrogens with zero attached hydrogens (tertiary/aromatic N) is 1. The van der Waals surface area contributed by atoms with Crippen molar-refractivity contribution >= 4 is 27.6 Å². The molecule has 0 aromatic heterocycles. The van der Waals surface area contributed by atoms with E-state index >= 15 is 0 Å². The number of carbonyl (C=O) groups excluding carboxylic acids is 2. The average molecular weight is 306 g/mol. The summed E-state index contributed by atoms with van der Waals surface area (Å²) in [5.74, 6) is -4.20. The van der Waals surface area contributed by atoms with Crippen LogP contribution in [-0.2, 0) is 24.2 Å². The Hall–Kier alpha value is -1.64. The van der Waals surface area contributed by atoms with Crippen LogP contribution >= 0.6 is 0 Å². The predicted octanol–water partition coefficient (Wildman–Crippen LogP) is -1.39. The van der Waals surface area contributed by atoms with E-state index in [9.17, 15) is 22.8 Å². The molecule has 1 aliphatic rings. The van der Waals surface area contributed by atoms with Gasteiger partial charge in [-0.1, -0.05) is 0 Å². The van der Waals surface area contributed by atoms with E-state index in [1.807, 2.05) is 5.32 Å². The van der Waals surface area contributed by atoms with Gasteiger partial charge in [0, 0.05) is 20.0 Å². The summed E-state index contributed by atoms with van der Waals surface area (Å²) in [5.41, 5.74) is 0. The van der Waals surface area contributed by atoms with Crippen molar-refractivity contribution in [3.05, 3.63) is 0 Å². The van der Waals surface area contributed by atoms with E-state index in [-0.39, 0.29) is 6.04 Å². The Morgan fingerprint density at radius 3 is 2.30 bits per heavy atom. The highest BCUT2D eigenvalue weighted by Gasteiger charge is 2.33. The molecule has 0 aromatic carbocycles. The lowest BCUT2D eigenvalue weighted by Gasteiger charge is -2.17. The minimum atomic E-state index is -3.91. The molecule has 2 amide bonds. The van der Waals surface area contributed by atoms with E-state index in [1.54, 1.807) is 0 Å². The lowest BCUT2D eigenvalue weighted by molar-refractivity contribution is -0.140. The van der Waals surface area contributed by atoms with Gasteiger partial charge in [-0.05, 0) is 12.8 Å². The van der Waals surface area contributed by atoms with Crippen LogP contribution in [0, 0.1) is 0 Å². The maximum absolute atomic E-state index is 11.8. The molecule has 0 bridgehead atoms. The Bertz CT molecular complexity index is 511. The van der Waals surface area contributed by atoms with Crippen LogP contribution in [-0.4, -0.2) is 66.8 Å². The van der Waals surface area contributed by atoms with Crippen molar-refractivity contribution in [3.63, 3.8) is 0 Å². The van der Waals surface area contributed by atoms with Crippen LogP contribution in [0.5, 0.6) is 0 Å². The third-order valence-corrected chi connectivity index (χ3v) is 4.46. The van der Waals surface area contributed by atoms with E-state index in [1.165, 1.54) is 11.9 Å². The van der Waals surface area contributed by atoms with Crippen LogP contribution in [0.1, 0.15) is 19.8 Å². The molecule has 0 aromatic rings. The molecular weight excluding hydrogens is 288 g/mol.